The Morgan fingerprint density at radius 3 is 1.34 bits per heavy atom. The normalized spacial score (nSPS) is 13.5. The highest BCUT2D eigenvalue weighted by molar-refractivity contribution is 5.77. The van der Waals surface area contributed by atoms with Crippen molar-refractivity contribution in [3.8, 4) is 0 Å². The topological polar surface area (TPSA) is 95.6 Å². The molecule has 2 rings (SSSR count). The first-order valence-corrected chi connectivity index (χ1v) is 13.9. The van der Waals surface area contributed by atoms with Gasteiger partial charge in [-0.2, -0.15) is 10.2 Å². The molecule has 0 aliphatic carbocycles. The van der Waals surface area contributed by atoms with Gasteiger partial charge in [-0.25, -0.2) is 0 Å². The third kappa shape index (κ3) is 8.20. The van der Waals surface area contributed by atoms with Crippen LogP contribution in [-0.4, -0.2) is 73.1 Å². The van der Waals surface area contributed by atoms with E-state index in [1.165, 1.54) is 0 Å². The number of nitrogens with zero attached hydrogens (tertiary/aromatic N) is 6. The van der Waals surface area contributed by atoms with E-state index >= 15 is 0 Å². The molecule has 8 nitrogen and oxygen atoms in total. The lowest BCUT2D eigenvalue weighted by molar-refractivity contribution is -0.916. The Kier molecular flexibility index (Phi) is 11.6. The summed E-state index contributed by atoms with van der Waals surface area (Å²) in [6.45, 7) is 22.9. The Labute approximate surface area is 229 Å². The molecule has 0 unspecified atom stereocenters. The minimum Gasteiger partial charge on any atom is -0.858 e. The summed E-state index contributed by atoms with van der Waals surface area (Å²) in [7, 11) is 0. The highest BCUT2D eigenvalue weighted by Gasteiger charge is 2.21. The average Bonchev–Trinajstić information content (AvgIpc) is 2.91. The molecule has 0 spiro atoms. The number of azo groups is 1. The van der Waals surface area contributed by atoms with Crippen LogP contribution in [0.25, 0.3) is 0 Å². The minimum absolute atomic E-state index is 0.101. The Balaban J connectivity index is 2.16. The van der Waals surface area contributed by atoms with Crippen molar-refractivity contribution in [1.29, 1.82) is 0 Å². The first-order chi connectivity index (χ1) is 18.1. The van der Waals surface area contributed by atoms with E-state index in [0.717, 1.165) is 65.0 Å². The van der Waals surface area contributed by atoms with Crippen molar-refractivity contribution in [2.45, 2.75) is 55.4 Å². The Hall–Kier alpha value is -3.10. The van der Waals surface area contributed by atoms with E-state index in [1.54, 1.807) is 12.1 Å². The van der Waals surface area contributed by atoms with Gasteiger partial charge in [0.1, 0.15) is 13.1 Å². The summed E-state index contributed by atoms with van der Waals surface area (Å²) in [6.07, 6.45) is 0. The summed E-state index contributed by atoms with van der Waals surface area (Å²) >= 11 is 0. The molecule has 0 heterocycles. The first-order valence-electron chi connectivity index (χ1n) is 13.9. The maximum absolute atomic E-state index is 12.7. The average molecular weight is 523 g/mol. The third-order valence-electron chi connectivity index (χ3n) is 8.06. The van der Waals surface area contributed by atoms with E-state index in [-0.39, 0.29) is 11.8 Å². The van der Waals surface area contributed by atoms with Gasteiger partial charge in [0, 0.05) is 11.8 Å². The zero-order valence-electron chi connectivity index (χ0n) is 24.6. The van der Waals surface area contributed by atoms with Gasteiger partial charge in [0.2, 0.25) is 0 Å². The molecule has 0 atom stereocenters. The van der Waals surface area contributed by atoms with Crippen molar-refractivity contribution in [3.63, 3.8) is 0 Å². The number of hydrogen-bond donors (Lipinski definition) is 0. The second-order valence-corrected chi connectivity index (χ2v) is 10.1. The second kappa shape index (κ2) is 14.2. The summed E-state index contributed by atoms with van der Waals surface area (Å²) in [4.78, 5) is 8.66. The van der Waals surface area contributed by atoms with Crippen LogP contribution in [0.4, 0.5) is 22.7 Å². The molecular formula is C30H46N6O2. The number of aryl methyl sites for hydroxylation is 2. The van der Waals surface area contributed by atoms with E-state index in [2.05, 4.69) is 61.8 Å². The van der Waals surface area contributed by atoms with Gasteiger partial charge in [0.05, 0.1) is 62.0 Å². The van der Waals surface area contributed by atoms with Crippen LogP contribution in [0.2, 0.25) is 0 Å². The van der Waals surface area contributed by atoms with Crippen LogP contribution >= 0.6 is 0 Å². The van der Waals surface area contributed by atoms with Crippen molar-refractivity contribution in [2.24, 2.45) is 20.2 Å². The fraction of sp³-hybridized carbons (Fsp3) is 0.533. The molecule has 0 aliphatic rings. The van der Waals surface area contributed by atoms with Gasteiger partial charge in [-0.1, -0.05) is 0 Å². The van der Waals surface area contributed by atoms with Gasteiger partial charge in [-0.3, -0.25) is 9.98 Å². The summed E-state index contributed by atoms with van der Waals surface area (Å²) in [5.41, 5.74) is 4.52. The largest absolute Gasteiger partial charge is 0.858 e. The predicted molar refractivity (Wildman–Crippen MR) is 154 cm³/mol. The van der Waals surface area contributed by atoms with Crippen molar-refractivity contribution < 1.29 is 19.2 Å². The molecule has 0 radical (unpaired) electrons. The number of likely N-dealkylation sites (N-methyl/N-ethyl adjacent to an activating group) is 2. The lowest BCUT2D eigenvalue weighted by atomic mass is 10.1. The number of aliphatic imine (C=N–C) groups is 2. The van der Waals surface area contributed by atoms with E-state index in [0.29, 0.717) is 30.2 Å². The molecular weight excluding hydrogens is 476 g/mol. The van der Waals surface area contributed by atoms with Crippen molar-refractivity contribution >= 4 is 34.5 Å². The second-order valence-electron chi connectivity index (χ2n) is 10.1. The number of rotatable bonds is 14. The van der Waals surface area contributed by atoms with Crippen LogP contribution in [0.15, 0.2) is 56.6 Å². The number of benzene rings is 2. The van der Waals surface area contributed by atoms with Gasteiger partial charge >= 0.3 is 0 Å². The maximum atomic E-state index is 12.7. The zero-order valence-corrected chi connectivity index (χ0v) is 24.6. The number of hydrogen-bond acceptors (Lipinski definition) is 6. The smallest absolute Gasteiger partial charge is 0.108 e. The van der Waals surface area contributed by atoms with Crippen LogP contribution in [0, 0.1) is 13.8 Å². The zero-order chi connectivity index (χ0) is 28.3. The van der Waals surface area contributed by atoms with Crippen molar-refractivity contribution in [3.05, 3.63) is 47.5 Å². The van der Waals surface area contributed by atoms with Crippen LogP contribution in [0.5, 0.6) is 0 Å². The minimum atomic E-state index is -0.108. The molecule has 0 N–H and O–H groups in total. The highest BCUT2D eigenvalue weighted by Crippen LogP contribution is 2.31. The first kappa shape index (κ1) is 31.1. The molecule has 208 valence electrons. The molecule has 0 fully saturated rings. The van der Waals surface area contributed by atoms with Crippen molar-refractivity contribution in [1.82, 2.24) is 0 Å². The van der Waals surface area contributed by atoms with Gasteiger partial charge in [-0.15, -0.1) is 0 Å². The van der Waals surface area contributed by atoms with E-state index in [9.17, 15) is 10.2 Å². The highest BCUT2D eigenvalue weighted by atomic mass is 16.3. The SMILES string of the molecule is CC[N+](CC)(CC)CC([O-])=Nc1ccc(N=Nc2c(C)cc(N=C([O-])C[N+](CC)(CC)CC)cc2C)cc1. The maximum Gasteiger partial charge on any atom is 0.108 e. The van der Waals surface area contributed by atoms with Gasteiger partial charge in [0.25, 0.3) is 0 Å². The Morgan fingerprint density at radius 2 is 0.947 bits per heavy atom. The predicted octanol–water partition coefficient (Wildman–Crippen LogP) is 5.25. The van der Waals surface area contributed by atoms with Gasteiger partial charge in [0.15, 0.2) is 0 Å². The molecule has 0 amide bonds. The van der Waals surface area contributed by atoms with Crippen LogP contribution in [-0.2, 0) is 0 Å². The molecule has 0 aromatic heterocycles. The molecule has 2 aromatic carbocycles. The van der Waals surface area contributed by atoms with E-state index in [1.807, 2.05) is 38.1 Å². The molecule has 38 heavy (non-hydrogen) atoms. The molecule has 0 aliphatic heterocycles. The lowest BCUT2D eigenvalue weighted by Crippen LogP contribution is -2.53. The van der Waals surface area contributed by atoms with Crippen LogP contribution in [0.3, 0.4) is 0 Å². The van der Waals surface area contributed by atoms with Crippen LogP contribution < -0.4 is 10.2 Å². The van der Waals surface area contributed by atoms with Crippen molar-refractivity contribution in [2.75, 3.05) is 52.4 Å². The van der Waals surface area contributed by atoms with Gasteiger partial charge in [-0.05, 0) is 103 Å². The fourth-order valence-corrected chi connectivity index (χ4v) is 4.80. The molecule has 0 saturated carbocycles. The fourth-order valence-electron chi connectivity index (χ4n) is 4.80. The molecule has 2 aromatic rings. The van der Waals surface area contributed by atoms with Crippen LogP contribution in [0.1, 0.15) is 52.7 Å². The standard InChI is InChI=1S/C30H46N6O2/c1-9-35(10-2,11-3)21-28(37)31-25-15-17-26(18-16-25)33-34-30-23(7)19-27(20-24(30)8)32-29(38)22-36(12-4,13-5)14-6/h15-20H,9-14,21-22H2,1-8H3. The Morgan fingerprint density at radius 1 is 0.579 bits per heavy atom. The summed E-state index contributed by atoms with van der Waals surface area (Å²) in [5, 5.41) is 34.1. The molecule has 0 bridgehead atoms. The lowest BCUT2D eigenvalue weighted by Gasteiger charge is -2.37. The van der Waals surface area contributed by atoms with E-state index in [4.69, 9.17) is 0 Å². The monoisotopic (exact) mass is 522 g/mol. The molecule has 0 saturated heterocycles. The van der Waals surface area contributed by atoms with Gasteiger partial charge < -0.3 is 19.2 Å². The van der Waals surface area contributed by atoms with E-state index < -0.39 is 0 Å². The summed E-state index contributed by atoms with van der Waals surface area (Å²) < 4.78 is 1.48. The summed E-state index contributed by atoms with van der Waals surface area (Å²) in [5.74, 6) is -0.208. The quantitative estimate of drug-likeness (QED) is 0.147. The summed E-state index contributed by atoms with van der Waals surface area (Å²) in [6, 6.07) is 11.0. The Bertz CT molecular complexity index is 1090. The third-order valence-corrected chi connectivity index (χ3v) is 8.06. The number of quaternary nitrogens is 2. The molecule has 8 heteroatoms.